The van der Waals surface area contributed by atoms with E-state index in [1.54, 1.807) is 4.57 Å². The van der Waals surface area contributed by atoms with Crippen LogP contribution in [-0.2, 0) is 11.3 Å². The number of carbonyl (C=O) groups excluding carboxylic acids is 1. The molecule has 8 nitrogen and oxygen atoms in total. The van der Waals surface area contributed by atoms with Crippen LogP contribution in [0.15, 0.2) is 70.6 Å². The van der Waals surface area contributed by atoms with Gasteiger partial charge >= 0.3 is 0 Å². The number of amides is 1. The van der Waals surface area contributed by atoms with E-state index in [0.717, 1.165) is 33.3 Å². The summed E-state index contributed by atoms with van der Waals surface area (Å²) in [4.78, 5) is 34.7. The first-order chi connectivity index (χ1) is 18.0. The molecule has 37 heavy (non-hydrogen) atoms. The lowest BCUT2D eigenvalue weighted by Gasteiger charge is -2.15. The average Bonchev–Trinajstić information content (AvgIpc) is 3.53. The molecule has 9 heteroatoms. The van der Waals surface area contributed by atoms with Crippen LogP contribution in [0.4, 0.5) is 0 Å². The van der Waals surface area contributed by atoms with Crippen molar-refractivity contribution in [2.75, 3.05) is 12.5 Å². The summed E-state index contributed by atoms with van der Waals surface area (Å²) in [6, 6.07) is 19.1. The largest absolute Gasteiger partial charge is 0.454 e. The van der Waals surface area contributed by atoms with E-state index in [2.05, 4.69) is 10.3 Å². The third kappa shape index (κ3) is 4.21. The number of benzene rings is 3. The molecule has 0 bridgehead atoms. The van der Waals surface area contributed by atoms with Crippen molar-refractivity contribution in [3.8, 4) is 17.2 Å². The minimum absolute atomic E-state index is 0.107. The molecule has 0 saturated heterocycles. The van der Waals surface area contributed by atoms with E-state index in [-0.39, 0.29) is 24.0 Å². The smallest absolute Gasteiger partial charge is 0.283 e. The summed E-state index contributed by atoms with van der Waals surface area (Å²) >= 11 is 1.24. The van der Waals surface area contributed by atoms with E-state index >= 15 is 0 Å². The molecule has 1 aliphatic rings. The number of aromatic nitrogens is 3. The SMILES string of the molecule is Cc1cccc(-n2c(SCC(=O)NCc3ccc4c(c3)OCO4)nc3c([nH]c4ccccc43)c2=O)c1C. The van der Waals surface area contributed by atoms with Crippen LogP contribution in [0.1, 0.15) is 16.7 Å². The number of rotatable bonds is 6. The lowest BCUT2D eigenvalue weighted by atomic mass is 10.1. The number of hydrogen-bond acceptors (Lipinski definition) is 6. The Morgan fingerprint density at radius 1 is 1.08 bits per heavy atom. The predicted molar refractivity (Wildman–Crippen MR) is 144 cm³/mol. The Bertz CT molecular complexity index is 1740. The molecule has 0 aliphatic carbocycles. The maximum Gasteiger partial charge on any atom is 0.283 e. The molecule has 0 fully saturated rings. The van der Waals surface area contributed by atoms with Gasteiger partial charge in [0.15, 0.2) is 16.7 Å². The van der Waals surface area contributed by atoms with Crippen molar-refractivity contribution >= 4 is 39.6 Å². The van der Waals surface area contributed by atoms with Gasteiger partial charge in [-0.15, -0.1) is 0 Å². The highest BCUT2D eigenvalue weighted by molar-refractivity contribution is 7.99. The summed E-state index contributed by atoms with van der Waals surface area (Å²) < 4.78 is 12.4. The van der Waals surface area contributed by atoms with Crippen molar-refractivity contribution < 1.29 is 14.3 Å². The number of fused-ring (bicyclic) bond motifs is 4. The molecule has 3 aromatic carbocycles. The maximum atomic E-state index is 13.8. The topological polar surface area (TPSA) is 98.2 Å². The summed E-state index contributed by atoms with van der Waals surface area (Å²) in [6.07, 6.45) is 0. The molecule has 2 N–H and O–H groups in total. The number of aromatic amines is 1. The van der Waals surface area contributed by atoms with Crippen molar-refractivity contribution in [3.63, 3.8) is 0 Å². The first-order valence-corrected chi connectivity index (χ1v) is 12.9. The lowest BCUT2D eigenvalue weighted by molar-refractivity contribution is -0.118. The van der Waals surface area contributed by atoms with Gasteiger partial charge in [0.2, 0.25) is 12.7 Å². The van der Waals surface area contributed by atoms with Crippen molar-refractivity contribution in [2.24, 2.45) is 0 Å². The fourth-order valence-electron chi connectivity index (χ4n) is 4.46. The lowest BCUT2D eigenvalue weighted by Crippen LogP contribution is -2.26. The molecule has 1 amide bonds. The van der Waals surface area contributed by atoms with Crippen molar-refractivity contribution in [3.05, 3.63) is 87.7 Å². The summed E-state index contributed by atoms with van der Waals surface area (Å²) in [6.45, 7) is 4.56. The zero-order valence-corrected chi connectivity index (χ0v) is 21.1. The quantitative estimate of drug-likeness (QED) is 0.255. The molecule has 0 spiro atoms. The molecule has 0 unspecified atom stereocenters. The zero-order valence-electron chi connectivity index (χ0n) is 20.3. The number of hydrogen-bond donors (Lipinski definition) is 2. The Kier molecular flexibility index (Phi) is 5.84. The summed E-state index contributed by atoms with van der Waals surface area (Å²) in [5.74, 6) is 1.32. The highest BCUT2D eigenvalue weighted by atomic mass is 32.2. The maximum absolute atomic E-state index is 13.8. The number of H-pyrrole nitrogens is 1. The third-order valence-corrected chi connectivity index (χ3v) is 7.51. The van der Waals surface area contributed by atoms with Gasteiger partial charge in [0, 0.05) is 17.4 Å². The van der Waals surface area contributed by atoms with Crippen LogP contribution in [-0.4, -0.2) is 33.0 Å². The summed E-state index contributed by atoms with van der Waals surface area (Å²) in [5.41, 5.74) is 5.41. The Hall–Kier alpha value is -4.24. The van der Waals surface area contributed by atoms with Gasteiger partial charge < -0.3 is 19.8 Å². The second kappa shape index (κ2) is 9.33. The van der Waals surface area contributed by atoms with Crippen molar-refractivity contribution in [1.82, 2.24) is 19.9 Å². The molecule has 0 saturated carbocycles. The van der Waals surface area contributed by atoms with Gasteiger partial charge in [-0.2, -0.15) is 0 Å². The van der Waals surface area contributed by atoms with Crippen molar-refractivity contribution in [2.45, 2.75) is 25.5 Å². The van der Waals surface area contributed by atoms with Gasteiger partial charge in [0.1, 0.15) is 11.0 Å². The third-order valence-electron chi connectivity index (χ3n) is 6.57. The van der Waals surface area contributed by atoms with E-state index < -0.39 is 0 Å². The van der Waals surface area contributed by atoms with Gasteiger partial charge in [-0.3, -0.25) is 14.2 Å². The average molecular weight is 513 g/mol. The van der Waals surface area contributed by atoms with E-state index in [1.807, 2.05) is 74.5 Å². The minimum atomic E-state index is -0.196. The molecule has 3 heterocycles. The number of ether oxygens (including phenoxy) is 2. The first-order valence-electron chi connectivity index (χ1n) is 11.9. The van der Waals surface area contributed by atoms with Crippen LogP contribution in [0.25, 0.3) is 27.6 Å². The zero-order chi connectivity index (χ0) is 25.5. The molecule has 0 atom stereocenters. The van der Waals surface area contributed by atoms with Gasteiger partial charge in [-0.25, -0.2) is 4.98 Å². The van der Waals surface area contributed by atoms with Gasteiger partial charge in [0.05, 0.1) is 11.4 Å². The van der Waals surface area contributed by atoms with E-state index in [0.29, 0.717) is 34.2 Å². The van der Waals surface area contributed by atoms with Crippen LogP contribution in [0.3, 0.4) is 0 Å². The van der Waals surface area contributed by atoms with Gasteiger partial charge in [0.25, 0.3) is 5.56 Å². The molecule has 1 aliphatic heterocycles. The van der Waals surface area contributed by atoms with Gasteiger partial charge in [-0.1, -0.05) is 48.2 Å². The van der Waals surface area contributed by atoms with Crippen LogP contribution in [0.5, 0.6) is 11.5 Å². The molecular weight excluding hydrogens is 488 g/mol. The van der Waals surface area contributed by atoms with Crippen LogP contribution < -0.4 is 20.3 Å². The van der Waals surface area contributed by atoms with Crippen LogP contribution in [0, 0.1) is 13.8 Å². The molecular formula is C28H24N4O4S. The standard InChI is InChI=1S/C28H24N4O4S/c1-16-6-5-9-21(17(16)2)32-27(34)26-25(19-7-3-4-8-20(19)30-26)31-28(32)37-14-24(33)29-13-18-10-11-22-23(12-18)36-15-35-22/h3-12,30H,13-15H2,1-2H3,(H,29,33). The van der Waals surface area contributed by atoms with E-state index in [1.165, 1.54) is 11.8 Å². The molecule has 6 rings (SSSR count). The number of aryl methyl sites for hydroxylation is 1. The normalized spacial score (nSPS) is 12.4. The number of para-hydroxylation sites is 1. The van der Waals surface area contributed by atoms with E-state index in [9.17, 15) is 9.59 Å². The Balaban J connectivity index is 1.32. The highest BCUT2D eigenvalue weighted by Crippen LogP contribution is 2.32. The Labute approximate surface area is 216 Å². The predicted octanol–water partition coefficient (Wildman–Crippen LogP) is 4.62. The molecule has 0 radical (unpaired) electrons. The van der Waals surface area contributed by atoms with Crippen LogP contribution >= 0.6 is 11.8 Å². The number of carbonyl (C=O) groups is 1. The number of nitrogens with one attached hydrogen (secondary N) is 2. The second-order valence-corrected chi connectivity index (χ2v) is 9.84. The molecule has 2 aromatic heterocycles. The summed E-state index contributed by atoms with van der Waals surface area (Å²) in [5, 5.41) is 4.28. The minimum Gasteiger partial charge on any atom is -0.454 e. The second-order valence-electron chi connectivity index (χ2n) is 8.90. The monoisotopic (exact) mass is 512 g/mol. The van der Waals surface area contributed by atoms with E-state index in [4.69, 9.17) is 14.5 Å². The number of thioether (sulfide) groups is 1. The van der Waals surface area contributed by atoms with Crippen LogP contribution in [0.2, 0.25) is 0 Å². The number of nitrogens with zero attached hydrogens (tertiary/aromatic N) is 2. The Morgan fingerprint density at radius 2 is 1.92 bits per heavy atom. The Morgan fingerprint density at radius 3 is 2.81 bits per heavy atom. The fraction of sp³-hybridized carbons (Fsp3) is 0.179. The van der Waals surface area contributed by atoms with Crippen molar-refractivity contribution in [1.29, 1.82) is 0 Å². The molecule has 5 aromatic rings. The highest BCUT2D eigenvalue weighted by Gasteiger charge is 2.20. The molecule has 186 valence electrons. The summed E-state index contributed by atoms with van der Waals surface area (Å²) in [7, 11) is 0. The van der Waals surface area contributed by atoms with Gasteiger partial charge in [-0.05, 0) is 54.8 Å². The first kappa shape index (κ1) is 23.2. The fourth-order valence-corrected chi connectivity index (χ4v) is 5.29.